The molecule has 0 aromatic rings. The molecule has 0 radical (unpaired) electrons. The molecule has 0 heterocycles. The van der Waals surface area contributed by atoms with Gasteiger partial charge in [-0.3, -0.25) is 0 Å². The Hall–Kier alpha value is -0.590. The summed E-state index contributed by atoms with van der Waals surface area (Å²) >= 11 is 0. The largest absolute Gasteiger partial charge is 0.243 e. The van der Waals surface area contributed by atoms with Crippen molar-refractivity contribution in [3.05, 3.63) is 24.3 Å². The summed E-state index contributed by atoms with van der Waals surface area (Å²) in [6.45, 7) is 8.75. The van der Waals surface area contributed by atoms with E-state index in [1.54, 1.807) is 13.0 Å². The zero-order valence-corrected chi connectivity index (χ0v) is 15.7. The summed E-state index contributed by atoms with van der Waals surface area (Å²) in [7, 11) is 0. The van der Waals surface area contributed by atoms with E-state index in [1.807, 2.05) is 0 Å². The average Bonchev–Trinajstić information content (AvgIpc) is 2.65. The minimum Gasteiger partial charge on any atom is -0.243 e. The molecule has 0 nitrogen and oxygen atoms in total. The first-order valence-corrected chi connectivity index (χ1v) is 9.94. The summed E-state index contributed by atoms with van der Waals surface area (Å²) in [4.78, 5) is 0. The van der Waals surface area contributed by atoms with Gasteiger partial charge in [-0.25, -0.2) is 4.39 Å². The first-order valence-electron chi connectivity index (χ1n) is 9.94. The second-order valence-electron chi connectivity index (χ2n) is 8.66. The summed E-state index contributed by atoms with van der Waals surface area (Å²) < 4.78 is 13.1. The predicted molar refractivity (Wildman–Crippen MR) is 99.2 cm³/mol. The molecule has 3 unspecified atom stereocenters. The first-order chi connectivity index (χ1) is 10.9. The van der Waals surface area contributed by atoms with E-state index in [2.05, 4.69) is 39.0 Å². The molecule has 0 aromatic heterocycles. The van der Waals surface area contributed by atoms with Gasteiger partial charge in [-0.1, -0.05) is 70.8 Å². The SMILES string of the molecule is CCCC1CCC(C2CCC(C=CC(C)F)C=CC2(C)C)CC1. The van der Waals surface area contributed by atoms with Crippen molar-refractivity contribution in [3.8, 4) is 0 Å². The van der Waals surface area contributed by atoms with Crippen LogP contribution >= 0.6 is 0 Å². The lowest BCUT2D eigenvalue weighted by Crippen LogP contribution is -2.31. The van der Waals surface area contributed by atoms with Gasteiger partial charge in [-0.2, -0.15) is 0 Å². The fraction of sp³-hybridized carbons (Fsp3) is 0.818. The van der Waals surface area contributed by atoms with Gasteiger partial charge < -0.3 is 0 Å². The fourth-order valence-electron chi connectivity index (χ4n) is 4.92. The molecular formula is C22H37F. The van der Waals surface area contributed by atoms with Gasteiger partial charge in [0.15, 0.2) is 0 Å². The second-order valence-corrected chi connectivity index (χ2v) is 8.66. The van der Waals surface area contributed by atoms with Crippen molar-refractivity contribution in [2.45, 2.75) is 85.2 Å². The molecule has 0 spiro atoms. The molecule has 23 heavy (non-hydrogen) atoms. The van der Waals surface area contributed by atoms with Crippen LogP contribution < -0.4 is 0 Å². The Morgan fingerprint density at radius 3 is 2.43 bits per heavy atom. The zero-order chi connectivity index (χ0) is 16.9. The van der Waals surface area contributed by atoms with Crippen molar-refractivity contribution in [1.82, 2.24) is 0 Å². The van der Waals surface area contributed by atoms with E-state index >= 15 is 0 Å². The van der Waals surface area contributed by atoms with Gasteiger partial charge in [0.1, 0.15) is 6.17 Å². The van der Waals surface area contributed by atoms with Gasteiger partial charge in [-0.05, 0) is 61.7 Å². The maximum absolute atomic E-state index is 13.1. The van der Waals surface area contributed by atoms with Gasteiger partial charge in [-0.15, -0.1) is 0 Å². The molecule has 0 amide bonds. The van der Waals surface area contributed by atoms with Crippen LogP contribution in [0.2, 0.25) is 0 Å². The van der Waals surface area contributed by atoms with Crippen molar-refractivity contribution in [2.24, 2.45) is 29.1 Å². The lowest BCUT2D eigenvalue weighted by molar-refractivity contribution is 0.116. The highest BCUT2D eigenvalue weighted by Gasteiger charge is 2.37. The van der Waals surface area contributed by atoms with E-state index in [1.165, 1.54) is 51.4 Å². The topological polar surface area (TPSA) is 0 Å². The van der Waals surface area contributed by atoms with Crippen LogP contribution in [0, 0.1) is 29.1 Å². The summed E-state index contributed by atoms with van der Waals surface area (Å²) in [5.41, 5.74) is 0.284. The molecule has 2 aliphatic carbocycles. The first kappa shape index (κ1) is 18.7. The van der Waals surface area contributed by atoms with E-state index in [4.69, 9.17) is 0 Å². The monoisotopic (exact) mass is 320 g/mol. The molecule has 1 saturated carbocycles. The summed E-state index contributed by atoms with van der Waals surface area (Å²) in [5.74, 6) is 3.10. The minimum atomic E-state index is -0.829. The fourth-order valence-corrected chi connectivity index (χ4v) is 4.92. The molecular weight excluding hydrogens is 283 g/mol. The van der Waals surface area contributed by atoms with Crippen LogP contribution in [0.4, 0.5) is 4.39 Å². The molecule has 2 aliphatic rings. The van der Waals surface area contributed by atoms with Crippen molar-refractivity contribution >= 4 is 0 Å². The Bertz CT molecular complexity index is 396. The van der Waals surface area contributed by atoms with Gasteiger partial charge in [0.25, 0.3) is 0 Å². The van der Waals surface area contributed by atoms with Crippen LogP contribution in [0.5, 0.6) is 0 Å². The van der Waals surface area contributed by atoms with Crippen LogP contribution in [0.25, 0.3) is 0 Å². The van der Waals surface area contributed by atoms with Crippen LogP contribution in [-0.2, 0) is 0 Å². The summed E-state index contributed by atoms with van der Waals surface area (Å²) in [6.07, 6.45) is 18.7. The van der Waals surface area contributed by atoms with Crippen LogP contribution in [0.3, 0.4) is 0 Å². The number of hydrogen-bond acceptors (Lipinski definition) is 0. The van der Waals surface area contributed by atoms with Crippen molar-refractivity contribution in [3.63, 3.8) is 0 Å². The van der Waals surface area contributed by atoms with Crippen molar-refractivity contribution < 1.29 is 4.39 Å². The number of alkyl halides is 1. The Morgan fingerprint density at radius 2 is 1.83 bits per heavy atom. The molecule has 1 fully saturated rings. The highest BCUT2D eigenvalue weighted by atomic mass is 19.1. The Balaban J connectivity index is 1.97. The molecule has 0 aromatic carbocycles. The Kier molecular flexibility index (Phi) is 6.92. The molecule has 132 valence electrons. The molecule has 2 rings (SSSR count). The number of halogens is 1. The quantitative estimate of drug-likeness (QED) is 0.473. The third-order valence-electron chi connectivity index (χ3n) is 6.32. The average molecular weight is 321 g/mol. The Morgan fingerprint density at radius 1 is 1.13 bits per heavy atom. The normalized spacial score (nSPS) is 36.0. The van der Waals surface area contributed by atoms with Crippen LogP contribution in [0.1, 0.15) is 79.1 Å². The molecule has 0 saturated heterocycles. The third kappa shape index (κ3) is 5.47. The predicted octanol–water partition coefficient (Wildman–Crippen LogP) is 7.12. The van der Waals surface area contributed by atoms with Crippen molar-refractivity contribution in [1.29, 1.82) is 0 Å². The molecule has 0 bridgehead atoms. The van der Waals surface area contributed by atoms with Gasteiger partial charge in [0.2, 0.25) is 0 Å². The maximum Gasteiger partial charge on any atom is 0.115 e. The lowest BCUT2D eigenvalue weighted by Gasteiger charge is -2.41. The lowest BCUT2D eigenvalue weighted by atomic mass is 9.64. The highest BCUT2D eigenvalue weighted by molar-refractivity contribution is 5.10. The van der Waals surface area contributed by atoms with E-state index in [0.717, 1.165) is 17.8 Å². The Labute approximate surface area is 143 Å². The van der Waals surface area contributed by atoms with Crippen LogP contribution in [-0.4, -0.2) is 6.17 Å². The summed E-state index contributed by atoms with van der Waals surface area (Å²) in [6, 6.07) is 0. The smallest absolute Gasteiger partial charge is 0.115 e. The standard InChI is InChI=1S/C22H37F/c1-5-6-18-9-12-20(13-10-18)21-14-11-19(8-7-17(2)23)15-16-22(21,3)4/h7-8,15-21H,5-6,9-14H2,1-4H3. The molecule has 1 heteroatoms. The van der Waals surface area contributed by atoms with Crippen molar-refractivity contribution in [2.75, 3.05) is 0 Å². The van der Waals surface area contributed by atoms with E-state index in [0.29, 0.717) is 5.92 Å². The molecule has 0 aliphatic heterocycles. The molecule has 3 atom stereocenters. The van der Waals surface area contributed by atoms with Gasteiger partial charge in [0.05, 0.1) is 0 Å². The third-order valence-corrected chi connectivity index (χ3v) is 6.32. The minimum absolute atomic E-state index is 0.284. The number of hydrogen-bond donors (Lipinski definition) is 0. The molecule has 0 N–H and O–H groups in total. The van der Waals surface area contributed by atoms with Crippen LogP contribution in [0.15, 0.2) is 24.3 Å². The zero-order valence-electron chi connectivity index (χ0n) is 15.7. The van der Waals surface area contributed by atoms with E-state index < -0.39 is 6.17 Å². The second kappa shape index (κ2) is 8.49. The van der Waals surface area contributed by atoms with E-state index in [-0.39, 0.29) is 5.41 Å². The van der Waals surface area contributed by atoms with Gasteiger partial charge in [0, 0.05) is 0 Å². The summed E-state index contributed by atoms with van der Waals surface area (Å²) in [5, 5.41) is 0. The number of rotatable bonds is 5. The number of allylic oxidation sites excluding steroid dienone is 4. The van der Waals surface area contributed by atoms with Gasteiger partial charge >= 0.3 is 0 Å². The maximum atomic E-state index is 13.1. The van der Waals surface area contributed by atoms with E-state index in [9.17, 15) is 4.39 Å². The highest BCUT2D eigenvalue weighted by Crippen LogP contribution is 2.47.